The van der Waals surface area contributed by atoms with Gasteiger partial charge in [0.15, 0.2) is 5.84 Å². The van der Waals surface area contributed by atoms with E-state index < -0.39 is 0 Å². The highest BCUT2D eigenvalue weighted by Crippen LogP contribution is 2.44. The highest BCUT2D eigenvalue weighted by atomic mass is 35.5. The van der Waals surface area contributed by atoms with Crippen LogP contribution in [0.15, 0.2) is 41.7 Å². The summed E-state index contributed by atoms with van der Waals surface area (Å²) < 4.78 is 1.68. The van der Waals surface area contributed by atoms with Crippen LogP contribution in [-0.4, -0.2) is 25.7 Å². The first-order chi connectivity index (χ1) is 12.4. The molecule has 1 aromatic carbocycles. The maximum Gasteiger partial charge on any atom is 0.187 e. The molecule has 0 fully saturated rings. The van der Waals surface area contributed by atoms with E-state index in [2.05, 4.69) is 10.1 Å². The van der Waals surface area contributed by atoms with Gasteiger partial charge in [0.2, 0.25) is 0 Å². The third-order valence-corrected chi connectivity index (χ3v) is 4.87. The van der Waals surface area contributed by atoms with Gasteiger partial charge < -0.3 is 20.6 Å². The minimum Gasteiger partial charge on any atom is -0.508 e. The lowest BCUT2D eigenvalue weighted by molar-refractivity contribution is 0.318. The Morgan fingerprint density at radius 2 is 1.77 bits per heavy atom. The van der Waals surface area contributed by atoms with Crippen LogP contribution in [0.5, 0.6) is 5.75 Å². The van der Waals surface area contributed by atoms with Crippen molar-refractivity contribution in [1.29, 1.82) is 0 Å². The van der Waals surface area contributed by atoms with Gasteiger partial charge in [0.25, 0.3) is 0 Å². The molecule has 134 valence electrons. The summed E-state index contributed by atoms with van der Waals surface area (Å²) in [6.07, 6.45) is 1.74. The molecule has 7 heteroatoms. The zero-order chi connectivity index (χ0) is 19.0. The van der Waals surface area contributed by atoms with Gasteiger partial charge in [-0.3, -0.25) is 4.98 Å². The van der Waals surface area contributed by atoms with Crippen LogP contribution in [-0.2, 0) is 7.05 Å². The second kappa shape index (κ2) is 6.72. The molecular formula is C19H19ClN4O2. The Morgan fingerprint density at radius 1 is 1.12 bits per heavy atom. The number of rotatable bonds is 3. The standard InChI is InChI=1S/C19H19ClN4O2/c1-10-8-9-22-11(2)14(10)16-15(12-4-6-13(25)7-5-12)18(20)24(3)17(16)19(21)23-26/h4-9,25-26H,1-3H3,(H2,21,23). The summed E-state index contributed by atoms with van der Waals surface area (Å²) in [4.78, 5) is 4.39. The summed E-state index contributed by atoms with van der Waals surface area (Å²) in [6.45, 7) is 3.88. The molecule has 2 heterocycles. The van der Waals surface area contributed by atoms with E-state index in [0.717, 1.165) is 33.5 Å². The van der Waals surface area contributed by atoms with Gasteiger partial charge in [-0.15, -0.1) is 0 Å². The number of phenolic OH excluding ortho intramolecular Hbond substituents is 1. The Bertz CT molecular complexity index is 987. The quantitative estimate of drug-likeness (QED) is 0.282. The second-order valence-corrected chi connectivity index (χ2v) is 6.43. The predicted molar refractivity (Wildman–Crippen MR) is 103 cm³/mol. The van der Waals surface area contributed by atoms with Crippen LogP contribution in [0.2, 0.25) is 5.15 Å². The molecule has 0 saturated carbocycles. The highest BCUT2D eigenvalue weighted by Gasteiger charge is 2.27. The van der Waals surface area contributed by atoms with Gasteiger partial charge in [-0.2, -0.15) is 0 Å². The fraction of sp³-hybridized carbons (Fsp3) is 0.158. The van der Waals surface area contributed by atoms with Crippen LogP contribution >= 0.6 is 11.6 Å². The van der Waals surface area contributed by atoms with E-state index in [1.165, 1.54) is 0 Å². The van der Waals surface area contributed by atoms with Gasteiger partial charge in [0.1, 0.15) is 10.9 Å². The molecule has 0 amide bonds. The fourth-order valence-electron chi connectivity index (χ4n) is 3.21. The Hall–Kier alpha value is -2.99. The molecule has 0 aliphatic carbocycles. The third kappa shape index (κ3) is 2.78. The Labute approximate surface area is 156 Å². The first kappa shape index (κ1) is 17.8. The monoisotopic (exact) mass is 370 g/mol. The number of hydrogen-bond donors (Lipinski definition) is 3. The van der Waals surface area contributed by atoms with Gasteiger partial charge in [0.05, 0.1) is 5.69 Å². The normalized spacial score (nSPS) is 11.8. The van der Waals surface area contributed by atoms with Gasteiger partial charge >= 0.3 is 0 Å². The second-order valence-electron chi connectivity index (χ2n) is 6.07. The van der Waals surface area contributed by atoms with E-state index in [1.54, 1.807) is 42.1 Å². The smallest absolute Gasteiger partial charge is 0.187 e. The lowest BCUT2D eigenvalue weighted by Crippen LogP contribution is -2.18. The summed E-state index contributed by atoms with van der Waals surface area (Å²) in [6, 6.07) is 8.64. The number of nitrogens with two attached hydrogens (primary N) is 1. The van der Waals surface area contributed by atoms with Crippen molar-refractivity contribution in [2.24, 2.45) is 17.9 Å². The molecule has 3 rings (SSSR count). The molecule has 0 aliphatic heterocycles. The average molecular weight is 371 g/mol. The van der Waals surface area contributed by atoms with Crippen LogP contribution in [0.3, 0.4) is 0 Å². The lowest BCUT2D eigenvalue weighted by Gasteiger charge is -2.13. The Kier molecular flexibility index (Phi) is 4.61. The number of phenols is 1. The zero-order valence-corrected chi connectivity index (χ0v) is 15.4. The molecule has 2 aromatic heterocycles. The molecule has 0 spiro atoms. The SMILES string of the molecule is Cc1ccnc(C)c1-c1c(-c2ccc(O)cc2)c(Cl)n(C)c1C(N)=NO. The molecule has 0 radical (unpaired) electrons. The summed E-state index contributed by atoms with van der Waals surface area (Å²) in [7, 11) is 1.75. The van der Waals surface area contributed by atoms with Crippen LogP contribution in [0.4, 0.5) is 0 Å². The van der Waals surface area contributed by atoms with Crippen molar-refractivity contribution in [2.75, 3.05) is 0 Å². The van der Waals surface area contributed by atoms with Gasteiger partial charge in [-0.1, -0.05) is 28.9 Å². The average Bonchev–Trinajstić information content (AvgIpc) is 2.86. The predicted octanol–water partition coefficient (Wildman–Crippen LogP) is 3.82. The summed E-state index contributed by atoms with van der Waals surface area (Å²) >= 11 is 6.64. The number of aromatic nitrogens is 2. The van der Waals surface area contributed by atoms with Crippen molar-refractivity contribution in [3.8, 4) is 28.0 Å². The number of amidine groups is 1. The number of aromatic hydroxyl groups is 1. The molecule has 26 heavy (non-hydrogen) atoms. The fourth-order valence-corrected chi connectivity index (χ4v) is 3.50. The van der Waals surface area contributed by atoms with Crippen molar-refractivity contribution in [3.63, 3.8) is 0 Å². The number of hydrogen-bond acceptors (Lipinski definition) is 4. The summed E-state index contributed by atoms with van der Waals surface area (Å²) in [5.74, 6) is 0.116. The molecule has 0 saturated heterocycles. The van der Waals surface area contributed by atoms with E-state index >= 15 is 0 Å². The number of aryl methyl sites for hydroxylation is 2. The van der Waals surface area contributed by atoms with Gasteiger partial charge in [-0.05, 0) is 43.2 Å². The number of pyridine rings is 1. The van der Waals surface area contributed by atoms with Crippen molar-refractivity contribution < 1.29 is 10.3 Å². The zero-order valence-electron chi connectivity index (χ0n) is 14.7. The third-order valence-electron chi connectivity index (χ3n) is 4.43. The molecule has 0 atom stereocenters. The van der Waals surface area contributed by atoms with Crippen LogP contribution in [0, 0.1) is 13.8 Å². The van der Waals surface area contributed by atoms with E-state index in [9.17, 15) is 10.3 Å². The maximum atomic E-state index is 9.61. The highest BCUT2D eigenvalue weighted by molar-refractivity contribution is 6.34. The van der Waals surface area contributed by atoms with Crippen molar-refractivity contribution in [3.05, 3.63) is 58.6 Å². The van der Waals surface area contributed by atoms with Crippen molar-refractivity contribution in [2.45, 2.75) is 13.8 Å². The maximum absolute atomic E-state index is 9.61. The molecule has 0 bridgehead atoms. The number of oxime groups is 1. The van der Waals surface area contributed by atoms with Crippen LogP contribution in [0.1, 0.15) is 17.0 Å². The van der Waals surface area contributed by atoms with E-state index in [4.69, 9.17) is 17.3 Å². The number of nitrogens with zero attached hydrogens (tertiary/aromatic N) is 3. The summed E-state index contributed by atoms with van der Waals surface area (Å²) in [5, 5.41) is 22.5. The minimum atomic E-state index is -0.0444. The minimum absolute atomic E-state index is 0.0444. The van der Waals surface area contributed by atoms with E-state index in [0.29, 0.717) is 10.8 Å². The van der Waals surface area contributed by atoms with E-state index in [1.807, 2.05) is 19.9 Å². The van der Waals surface area contributed by atoms with Crippen molar-refractivity contribution >= 4 is 17.4 Å². The van der Waals surface area contributed by atoms with Gasteiger partial charge in [0, 0.05) is 35.6 Å². The van der Waals surface area contributed by atoms with E-state index in [-0.39, 0.29) is 11.6 Å². The lowest BCUT2D eigenvalue weighted by atomic mass is 9.92. The molecule has 4 N–H and O–H groups in total. The molecule has 0 unspecified atom stereocenters. The van der Waals surface area contributed by atoms with Crippen molar-refractivity contribution in [1.82, 2.24) is 9.55 Å². The molecule has 6 nitrogen and oxygen atoms in total. The number of benzene rings is 1. The molecular weight excluding hydrogens is 352 g/mol. The summed E-state index contributed by atoms with van der Waals surface area (Å²) in [5.41, 5.74) is 11.4. The van der Waals surface area contributed by atoms with Gasteiger partial charge in [-0.25, -0.2) is 0 Å². The Balaban J connectivity index is 2.48. The molecule has 3 aromatic rings. The largest absolute Gasteiger partial charge is 0.508 e. The first-order valence-corrected chi connectivity index (χ1v) is 8.32. The molecule has 0 aliphatic rings. The number of halogens is 1. The Morgan fingerprint density at radius 3 is 2.35 bits per heavy atom. The first-order valence-electron chi connectivity index (χ1n) is 7.94. The topological polar surface area (TPSA) is 96.7 Å². The van der Waals surface area contributed by atoms with Crippen LogP contribution < -0.4 is 5.73 Å². The van der Waals surface area contributed by atoms with Crippen LogP contribution in [0.25, 0.3) is 22.3 Å².